The van der Waals surface area contributed by atoms with E-state index in [1.165, 1.54) is 28.5 Å². The van der Waals surface area contributed by atoms with Gasteiger partial charge in [0, 0.05) is 31.4 Å². The Balaban J connectivity index is 1.23. The largest absolute Gasteiger partial charge is 0.449 e. The summed E-state index contributed by atoms with van der Waals surface area (Å²) in [5.74, 6) is 0.0476. The van der Waals surface area contributed by atoms with Gasteiger partial charge in [0.1, 0.15) is 6.61 Å². The Morgan fingerprint density at radius 1 is 0.966 bits per heavy atom. The van der Waals surface area contributed by atoms with E-state index in [2.05, 4.69) is 44.9 Å². The van der Waals surface area contributed by atoms with E-state index in [1.807, 2.05) is 24.3 Å². The maximum absolute atomic E-state index is 12.1. The fourth-order valence-electron chi connectivity index (χ4n) is 3.60. The number of aromatic nitrogens is 2. The maximum atomic E-state index is 12.1. The molecule has 0 saturated heterocycles. The van der Waals surface area contributed by atoms with Gasteiger partial charge in [-0.1, -0.05) is 48.5 Å². The lowest BCUT2D eigenvalue weighted by molar-refractivity contribution is 0.0944. The number of rotatable bonds is 7. The summed E-state index contributed by atoms with van der Waals surface area (Å²) in [4.78, 5) is 30.4. The molecule has 148 valence electrons. The average molecular weight is 390 g/mol. The number of hydrogen-bond donors (Lipinski definition) is 3. The summed E-state index contributed by atoms with van der Waals surface area (Å²) in [5, 5.41) is 5.46. The number of nitrogens with one attached hydrogen (secondary N) is 3. The Bertz CT molecular complexity index is 955. The van der Waals surface area contributed by atoms with Crippen LogP contribution in [0, 0.1) is 0 Å². The average Bonchev–Trinajstić information content (AvgIpc) is 3.39. The summed E-state index contributed by atoms with van der Waals surface area (Å²) in [6.07, 6.45) is 3.25. The molecule has 7 heteroatoms. The van der Waals surface area contributed by atoms with E-state index < -0.39 is 6.09 Å². The summed E-state index contributed by atoms with van der Waals surface area (Å²) in [5.41, 5.74) is 4.76. The summed E-state index contributed by atoms with van der Waals surface area (Å²) < 4.78 is 5.47. The molecule has 0 aliphatic heterocycles. The zero-order valence-corrected chi connectivity index (χ0v) is 15.9. The van der Waals surface area contributed by atoms with Gasteiger partial charge in [-0.3, -0.25) is 4.79 Å². The van der Waals surface area contributed by atoms with Crippen molar-refractivity contribution >= 4 is 12.0 Å². The number of fused-ring (bicyclic) bond motifs is 3. The van der Waals surface area contributed by atoms with Crippen LogP contribution in [0.2, 0.25) is 0 Å². The second-order valence-corrected chi connectivity index (χ2v) is 6.80. The Labute approximate surface area is 168 Å². The van der Waals surface area contributed by atoms with E-state index in [0.717, 1.165) is 0 Å². The molecule has 7 nitrogen and oxygen atoms in total. The van der Waals surface area contributed by atoms with Gasteiger partial charge in [-0.2, -0.15) is 0 Å². The standard InChI is InChI=1S/C22H22N4O3/c27-21(20-23-12-13-24-20)25-10-5-11-26-22(28)29-14-19-17-8-3-1-6-15(17)16-7-2-4-9-18(16)19/h1-4,6-9,12-13,19H,5,10-11,14H2,(H,23,24)(H,25,27)(H,26,28). The molecule has 0 saturated carbocycles. The number of alkyl carbamates (subject to hydrolysis) is 1. The van der Waals surface area contributed by atoms with Crippen molar-refractivity contribution in [2.45, 2.75) is 12.3 Å². The van der Waals surface area contributed by atoms with Gasteiger partial charge >= 0.3 is 6.09 Å². The summed E-state index contributed by atoms with van der Waals surface area (Å²) >= 11 is 0. The van der Waals surface area contributed by atoms with Gasteiger partial charge in [-0.05, 0) is 28.7 Å². The van der Waals surface area contributed by atoms with Crippen LogP contribution in [0.4, 0.5) is 4.79 Å². The van der Waals surface area contributed by atoms with Crippen molar-refractivity contribution < 1.29 is 14.3 Å². The van der Waals surface area contributed by atoms with Crippen LogP contribution in [0.5, 0.6) is 0 Å². The molecule has 0 bridgehead atoms. The third kappa shape index (κ3) is 4.13. The minimum Gasteiger partial charge on any atom is -0.449 e. The molecule has 0 radical (unpaired) electrons. The number of H-pyrrole nitrogens is 1. The Kier molecular flexibility index (Phi) is 5.56. The number of carbonyl (C=O) groups is 2. The predicted octanol–water partition coefficient (Wildman–Crippen LogP) is 3.07. The zero-order chi connectivity index (χ0) is 20.1. The predicted molar refractivity (Wildman–Crippen MR) is 109 cm³/mol. The second kappa shape index (κ2) is 8.60. The highest BCUT2D eigenvalue weighted by atomic mass is 16.5. The highest BCUT2D eigenvalue weighted by Gasteiger charge is 2.28. The van der Waals surface area contributed by atoms with Crippen LogP contribution >= 0.6 is 0 Å². The number of benzene rings is 2. The minimum atomic E-state index is -0.454. The molecule has 1 aliphatic carbocycles. The van der Waals surface area contributed by atoms with Crippen LogP contribution < -0.4 is 10.6 Å². The molecule has 3 aromatic rings. The second-order valence-electron chi connectivity index (χ2n) is 6.80. The number of ether oxygens (including phenoxy) is 1. The lowest BCUT2D eigenvalue weighted by atomic mass is 9.98. The van der Waals surface area contributed by atoms with Crippen LogP contribution in [-0.2, 0) is 4.74 Å². The van der Waals surface area contributed by atoms with Gasteiger partial charge in [0.2, 0.25) is 0 Å². The van der Waals surface area contributed by atoms with E-state index in [1.54, 1.807) is 6.20 Å². The first-order chi connectivity index (χ1) is 14.2. The molecule has 0 unspecified atom stereocenters. The number of aromatic amines is 1. The Morgan fingerprint density at radius 3 is 2.28 bits per heavy atom. The van der Waals surface area contributed by atoms with Gasteiger partial charge in [-0.15, -0.1) is 0 Å². The lowest BCUT2D eigenvalue weighted by Gasteiger charge is -2.14. The Hall–Kier alpha value is -3.61. The Morgan fingerprint density at radius 2 is 1.62 bits per heavy atom. The molecule has 4 rings (SSSR count). The fraction of sp³-hybridized carbons (Fsp3) is 0.227. The van der Waals surface area contributed by atoms with Gasteiger partial charge in [0.15, 0.2) is 5.82 Å². The van der Waals surface area contributed by atoms with E-state index in [-0.39, 0.29) is 24.3 Å². The number of carbonyl (C=O) groups excluding carboxylic acids is 2. The molecule has 0 atom stereocenters. The molecule has 0 fully saturated rings. The third-order valence-corrected chi connectivity index (χ3v) is 4.97. The molecule has 29 heavy (non-hydrogen) atoms. The maximum Gasteiger partial charge on any atom is 0.407 e. The lowest BCUT2D eigenvalue weighted by Crippen LogP contribution is -2.31. The minimum absolute atomic E-state index is 0.0423. The SMILES string of the molecule is O=C(NCCCNC(=O)c1ncc[nH]1)OCC1c2ccccc2-c2ccccc21. The first-order valence-electron chi connectivity index (χ1n) is 9.60. The van der Waals surface area contributed by atoms with Crippen molar-refractivity contribution in [2.75, 3.05) is 19.7 Å². The molecule has 2 aromatic carbocycles. The topological polar surface area (TPSA) is 96.1 Å². The molecule has 1 aromatic heterocycles. The van der Waals surface area contributed by atoms with Crippen LogP contribution in [0.3, 0.4) is 0 Å². The molecular weight excluding hydrogens is 368 g/mol. The molecular formula is C22H22N4O3. The summed E-state index contributed by atoms with van der Waals surface area (Å²) in [6, 6.07) is 16.4. The van der Waals surface area contributed by atoms with Crippen LogP contribution in [0.1, 0.15) is 34.1 Å². The molecule has 0 spiro atoms. The molecule has 2 amide bonds. The van der Waals surface area contributed by atoms with Crippen molar-refractivity contribution in [3.8, 4) is 11.1 Å². The number of amides is 2. The monoisotopic (exact) mass is 390 g/mol. The van der Waals surface area contributed by atoms with Gasteiger partial charge in [0.25, 0.3) is 5.91 Å². The van der Waals surface area contributed by atoms with E-state index in [4.69, 9.17) is 4.74 Å². The fourth-order valence-corrected chi connectivity index (χ4v) is 3.60. The van der Waals surface area contributed by atoms with Crippen LogP contribution in [-0.4, -0.2) is 41.7 Å². The van der Waals surface area contributed by atoms with Gasteiger partial charge < -0.3 is 20.4 Å². The number of hydrogen-bond acceptors (Lipinski definition) is 4. The van der Waals surface area contributed by atoms with E-state index in [9.17, 15) is 9.59 Å². The first kappa shape index (κ1) is 18.7. The molecule has 3 N–H and O–H groups in total. The van der Waals surface area contributed by atoms with Crippen molar-refractivity contribution in [3.05, 3.63) is 77.9 Å². The summed E-state index contributed by atoms with van der Waals surface area (Å²) in [6.45, 7) is 1.13. The molecule has 1 aliphatic rings. The van der Waals surface area contributed by atoms with E-state index >= 15 is 0 Å². The number of nitrogens with zero attached hydrogens (tertiary/aromatic N) is 1. The number of imidazole rings is 1. The van der Waals surface area contributed by atoms with Crippen LogP contribution in [0.25, 0.3) is 11.1 Å². The highest BCUT2D eigenvalue weighted by Crippen LogP contribution is 2.44. The third-order valence-electron chi connectivity index (χ3n) is 4.97. The molecule has 1 heterocycles. The van der Waals surface area contributed by atoms with Crippen molar-refractivity contribution in [1.29, 1.82) is 0 Å². The summed E-state index contributed by atoms with van der Waals surface area (Å²) in [7, 11) is 0. The van der Waals surface area contributed by atoms with Gasteiger partial charge in [0.05, 0.1) is 0 Å². The normalized spacial score (nSPS) is 12.1. The quantitative estimate of drug-likeness (QED) is 0.540. The van der Waals surface area contributed by atoms with Gasteiger partial charge in [-0.25, -0.2) is 9.78 Å². The van der Waals surface area contributed by atoms with Crippen LogP contribution in [0.15, 0.2) is 60.9 Å². The highest BCUT2D eigenvalue weighted by molar-refractivity contribution is 5.90. The first-order valence-corrected chi connectivity index (χ1v) is 9.60. The van der Waals surface area contributed by atoms with Crippen molar-refractivity contribution in [1.82, 2.24) is 20.6 Å². The van der Waals surface area contributed by atoms with Crippen molar-refractivity contribution in [2.24, 2.45) is 0 Å². The smallest absolute Gasteiger partial charge is 0.407 e. The zero-order valence-electron chi connectivity index (χ0n) is 15.9. The van der Waals surface area contributed by atoms with Crippen molar-refractivity contribution in [3.63, 3.8) is 0 Å². The van der Waals surface area contributed by atoms with E-state index in [0.29, 0.717) is 19.5 Å².